The van der Waals surface area contributed by atoms with Crippen LogP contribution in [0.15, 0.2) is 18.2 Å². The molecule has 1 atom stereocenters. The van der Waals surface area contributed by atoms with Gasteiger partial charge in [0.15, 0.2) is 6.10 Å². The molecule has 0 aliphatic rings. The van der Waals surface area contributed by atoms with E-state index in [9.17, 15) is 4.79 Å². The second-order valence-corrected chi connectivity index (χ2v) is 4.22. The van der Waals surface area contributed by atoms with Crippen LogP contribution >= 0.6 is 0 Å². The molecule has 18 heavy (non-hydrogen) atoms. The normalized spacial score (nSPS) is 12.0. The van der Waals surface area contributed by atoms with Crippen LogP contribution in [0.5, 0.6) is 5.75 Å². The van der Waals surface area contributed by atoms with Crippen LogP contribution in [-0.2, 0) is 11.3 Å². The van der Waals surface area contributed by atoms with E-state index in [1.54, 1.807) is 14.0 Å². The molecule has 0 bridgehead atoms. The Morgan fingerprint density at radius 2 is 2.17 bits per heavy atom. The molecule has 0 aliphatic heterocycles. The molecular weight excluding hydrogens is 228 g/mol. The molecule has 1 amide bonds. The standard InChI is InChI=1S/C14H22N2O2/c1-5-16-9-12-8-6-7-10(2)13(12)18-11(3)14(17)15-4/h6-8,11,16H,5,9H2,1-4H3,(H,15,17). The second-order valence-electron chi connectivity index (χ2n) is 4.22. The van der Waals surface area contributed by atoms with Gasteiger partial charge in [-0.2, -0.15) is 0 Å². The molecule has 0 saturated heterocycles. The lowest BCUT2D eigenvalue weighted by atomic mass is 10.1. The first kappa shape index (κ1) is 14.5. The summed E-state index contributed by atoms with van der Waals surface area (Å²) in [4.78, 5) is 11.5. The molecule has 4 heteroatoms. The van der Waals surface area contributed by atoms with E-state index in [1.165, 1.54) is 0 Å². The number of amides is 1. The highest BCUT2D eigenvalue weighted by Gasteiger charge is 2.16. The molecular formula is C14H22N2O2. The van der Waals surface area contributed by atoms with Crippen LogP contribution in [0.1, 0.15) is 25.0 Å². The fourth-order valence-corrected chi connectivity index (χ4v) is 1.71. The lowest BCUT2D eigenvalue weighted by molar-refractivity contribution is -0.126. The topological polar surface area (TPSA) is 50.4 Å². The fraction of sp³-hybridized carbons (Fsp3) is 0.500. The van der Waals surface area contributed by atoms with E-state index in [4.69, 9.17) is 4.74 Å². The van der Waals surface area contributed by atoms with Crippen molar-refractivity contribution in [1.82, 2.24) is 10.6 Å². The molecule has 0 aromatic heterocycles. The minimum Gasteiger partial charge on any atom is -0.480 e. The first-order chi connectivity index (χ1) is 8.60. The monoisotopic (exact) mass is 250 g/mol. The van der Waals surface area contributed by atoms with Crippen LogP contribution in [0.2, 0.25) is 0 Å². The Labute approximate surface area is 109 Å². The van der Waals surface area contributed by atoms with Gasteiger partial charge in [0.2, 0.25) is 0 Å². The zero-order chi connectivity index (χ0) is 13.5. The van der Waals surface area contributed by atoms with Crippen molar-refractivity contribution in [2.75, 3.05) is 13.6 Å². The number of rotatable bonds is 6. The van der Waals surface area contributed by atoms with Crippen molar-refractivity contribution in [2.45, 2.75) is 33.4 Å². The van der Waals surface area contributed by atoms with Crippen LogP contribution in [0.4, 0.5) is 0 Å². The maximum Gasteiger partial charge on any atom is 0.260 e. The molecule has 1 unspecified atom stereocenters. The van der Waals surface area contributed by atoms with Crippen molar-refractivity contribution in [3.63, 3.8) is 0 Å². The Hall–Kier alpha value is -1.55. The molecule has 1 aromatic carbocycles. The molecule has 0 saturated carbocycles. The zero-order valence-corrected chi connectivity index (χ0v) is 11.5. The van der Waals surface area contributed by atoms with Crippen LogP contribution < -0.4 is 15.4 Å². The Bertz CT molecular complexity index is 405. The van der Waals surface area contributed by atoms with Gasteiger partial charge in [0.1, 0.15) is 5.75 Å². The third-order valence-corrected chi connectivity index (χ3v) is 2.77. The molecule has 1 aromatic rings. The Morgan fingerprint density at radius 3 is 2.78 bits per heavy atom. The van der Waals surface area contributed by atoms with Crippen molar-refractivity contribution >= 4 is 5.91 Å². The van der Waals surface area contributed by atoms with E-state index in [2.05, 4.69) is 17.6 Å². The SMILES string of the molecule is CCNCc1cccc(C)c1OC(C)C(=O)NC. The number of para-hydroxylation sites is 1. The minimum atomic E-state index is -0.489. The third-order valence-electron chi connectivity index (χ3n) is 2.77. The van der Waals surface area contributed by atoms with Gasteiger partial charge in [-0.3, -0.25) is 4.79 Å². The van der Waals surface area contributed by atoms with Crippen LogP contribution in [0.3, 0.4) is 0 Å². The summed E-state index contributed by atoms with van der Waals surface area (Å²) in [6, 6.07) is 6.00. The van der Waals surface area contributed by atoms with Gasteiger partial charge in [-0.25, -0.2) is 0 Å². The van der Waals surface area contributed by atoms with E-state index in [0.29, 0.717) is 0 Å². The van der Waals surface area contributed by atoms with E-state index in [0.717, 1.165) is 30.0 Å². The van der Waals surface area contributed by atoms with Crippen LogP contribution in [0.25, 0.3) is 0 Å². The first-order valence-electron chi connectivity index (χ1n) is 6.27. The highest BCUT2D eigenvalue weighted by Crippen LogP contribution is 2.24. The maximum atomic E-state index is 11.5. The summed E-state index contributed by atoms with van der Waals surface area (Å²) < 4.78 is 5.77. The predicted molar refractivity (Wildman–Crippen MR) is 72.7 cm³/mol. The Kier molecular flexibility index (Phi) is 5.65. The van der Waals surface area contributed by atoms with E-state index >= 15 is 0 Å². The molecule has 0 spiro atoms. The molecule has 0 fully saturated rings. The molecule has 4 nitrogen and oxygen atoms in total. The number of carbonyl (C=O) groups is 1. The summed E-state index contributed by atoms with van der Waals surface area (Å²) in [5.41, 5.74) is 2.12. The van der Waals surface area contributed by atoms with E-state index < -0.39 is 6.10 Å². The fourth-order valence-electron chi connectivity index (χ4n) is 1.71. The lowest BCUT2D eigenvalue weighted by Gasteiger charge is -2.18. The number of hydrogen-bond donors (Lipinski definition) is 2. The number of carbonyl (C=O) groups excluding carboxylic acids is 1. The summed E-state index contributed by atoms with van der Waals surface area (Å²) in [6.07, 6.45) is -0.489. The summed E-state index contributed by atoms with van der Waals surface area (Å²) in [7, 11) is 1.61. The number of likely N-dealkylation sites (N-methyl/N-ethyl adjacent to an activating group) is 1. The quantitative estimate of drug-likeness (QED) is 0.806. The smallest absolute Gasteiger partial charge is 0.260 e. The second kappa shape index (κ2) is 7.01. The predicted octanol–water partition coefficient (Wildman–Crippen LogP) is 1.62. The van der Waals surface area contributed by atoms with Gasteiger partial charge < -0.3 is 15.4 Å². The summed E-state index contributed by atoms with van der Waals surface area (Å²) in [5, 5.41) is 5.86. The Morgan fingerprint density at radius 1 is 1.44 bits per heavy atom. The van der Waals surface area contributed by atoms with Gasteiger partial charge in [-0.15, -0.1) is 0 Å². The highest BCUT2D eigenvalue weighted by molar-refractivity contribution is 5.80. The third kappa shape index (κ3) is 3.74. The number of hydrogen-bond acceptors (Lipinski definition) is 3. The van der Waals surface area contributed by atoms with E-state index in [1.807, 2.05) is 25.1 Å². The Balaban J connectivity index is 2.88. The zero-order valence-electron chi connectivity index (χ0n) is 11.5. The summed E-state index contributed by atoms with van der Waals surface area (Å²) in [5.74, 6) is 0.683. The largest absolute Gasteiger partial charge is 0.480 e. The van der Waals surface area contributed by atoms with Gasteiger partial charge in [0.05, 0.1) is 0 Å². The highest BCUT2D eigenvalue weighted by atomic mass is 16.5. The average molecular weight is 250 g/mol. The molecule has 100 valence electrons. The van der Waals surface area contributed by atoms with Crippen LogP contribution in [-0.4, -0.2) is 25.6 Å². The van der Waals surface area contributed by atoms with Crippen LogP contribution in [0, 0.1) is 6.92 Å². The van der Waals surface area contributed by atoms with Gasteiger partial charge in [-0.1, -0.05) is 25.1 Å². The van der Waals surface area contributed by atoms with Crippen molar-refractivity contribution < 1.29 is 9.53 Å². The summed E-state index contributed by atoms with van der Waals surface area (Å²) >= 11 is 0. The number of ether oxygens (including phenoxy) is 1. The summed E-state index contributed by atoms with van der Waals surface area (Å²) in [6.45, 7) is 7.44. The first-order valence-corrected chi connectivity index (χ1v) is 6.27. The van der Waals surface area contributed by atoms with E-state index in [-0.39, 0.29) is 5.91 Å². The number of nitrogens with one attached hydrogen (secondary N) is 2. The average Bonchev–Trinajstić information content (AvgIpc) is 2.38. The molecule has 0 aliphatic carbocycles. The van der Waals surface area contributed by atoms with Gasteiger partial charge in [-0.05, 0) is 26.0 Å². The van der Waals surface area contributed by atoms with Gasteiger partial charge in [0.25, 0.3) is 5.91 Å². The minimum absolute atomic E-state index is 0.118. The maximum absolute atomic E-state index is 11.5. The van der Waals surface area contributed by atoms with Gasteiger partial charge in [0, 0.05) is 19.2 Å². The van der Waals surface area contributed by atoms with Crippen molar-refractivity contribution in [1.29, 1.82) is 0 Å². The number of benzene rings is 1. The number of aryl methyl sites for hydroxylation is 1. The molecule has 1 rings (SSSR count). The lowest BCUT2D eigenvalue weighted by Crippen LogP contribution is -2.34. The van der Waals surface area contributed by atoms with Gasteiger partial charge >= 0.3 is 0 Å². The van der Waals surface area contributed by atoms with Crippen molar-refractivity contribution in [2.24, 2.45) is 0 Å². The molecule has 0 radical (unpaired) electrons. The molecule has 0 heterocycles. The molecule has 2 N–H and O–H groups in total. The van der Waals surface area contributed by atoms with Crippen molar-refractivity contribution in [3.8, 4) is 5.75 Å². The van der Waals surface area contributed by atoms with Crippen molar-refractivity contribution in [3.05, 3.63) is 29.3 Å².